The first-order chi connectivity index (χ1) is 7.18. The van der Waals surface area contributed by atoms with Gasteiger partial charge in [0.25, 0.3) is 0 Å². The topological polar surface area (TPSA) is 55.1 Å². The van der Waals surface area contributed by atoms with Gasteiger partial charge in [0.15, 0.2) is 0 Å². The van der Waals surface area contributed by atoms with E-state index in [1.54, 1.807) is 6.92 Å². The van der Waals surface area contributed by atoms with Crippen LogP contribution in [0, 0.1) is 0 Å². The lowest BCUT2D eigenvalue weighted by Gasteiger charge is -2.15. The van der Waals surface area contributed by atoms with Gasteiger partial charge in [0.05, 0.1) is 12.1 Å². The second-order valence-electron chi connectivity index (χ2n) is 4.09. The Labute approximate surface area is 89.7 Å². The molecule has 0 fully saturated rings. The third kappa shape index (κ3) is 2.02. The van der Waals surface area contributed by atoms with E-state index in [1.165, 1.54) is 11.1 Å². The number of carbonyl (C=O) groups is 1. The lowest BCUT2D eigenvalue weighted by Crippen LogP contribution is -2.39. The molecule has 2 atom stereocenters. The minimum Gasteiger partial charge on any atom is -0.348 e. The third-order valence-electron chi connectivity index (χ3n) is 2.86. The van der Waals surface area contributed by atoms with E-state index in [1.807, 2.05) is 12.1 Å². The second-order valence-corrected chi connectivity index (χ2v) is 4.09. The molecule has 0 spiro atoms. The fourth-order valence-corrected chi connectivity index (χ4v) is 2.01. The van der Waals surface area contributed by atoms with Crippen molar-refractivity contribution in [2.75, 3.05) is 0 Å². The fraction of sp³-hybridized carbons (Fsp3) is 0.417. The molecule has 1 aliphatic carbocycles. The maximum absolute atomic E-state index is 11.5. The van der Waals surface area contributed by atoms with Crippen molar-refractivity contribution in [1.29, 1.82) is 0 Å². The summed E-state index contributed by atoms with van der Waals surface area (Å²) in [6, 6.07) is 7.96. The molecule has 0 radical (unpaired) electrons. The smallest absolute Gasteiger partial charge is 0.237 e. The van der Waals surface area contributed by atoms with Crippen LogP contribution >= 0.6 is 0 Å². The lowest BCUT2D eigenvalue weighted by molar-refractivity contribution is -0.122. The zero-order valence-electron chi connectivity index (χ0n) is 8.86. The summed E-state index contributed by atoms with van der Waals surface area (Å²) < 4.78 is 0. The molecule has 2 unspecified atom stereocenters. The maximum Gasteiger partial charge on any atom is 0.237 e. The Morgan fingerprint density at radius 1 is 1.53 bits per heavy atom. The van der Waals surface area contributed by atoms with Crippen LogP contribution in [0.3, 0.4) is 0 Å². The molecular weight excluding hydrogens is 188 g/mol. The molecule has 15 heavy (non-hydrogen) atoms. The average molecular weight is 204 g/mol. The minimum absolute atomic E-state index is 0.0725. The molecule has 3 nitrogen and oxygen atoms in total. The summed E-state index contributed by atoms with van der Waals surface area (Å²) in [4.78, 5) is 11.5. The van der Waals surface area contributed by atoms with Crippen LogP contribution < -0.4 is 11.1 Å². The number of amides is 1. The van der Waals surface area contributed by atoms with E-state index in [4.69, 9.17) is 5.73 Å². The van der Waals surface area contributed by atoms with E-state index >= 15 is 0 Å². The number of benzene rings is 1. The number of fused-ring (bicyclic) bond motifs is 1. The zero-order chi connectivity index (χ0) is 10.8. The van der Waals surface area contributed by atoms with Gasteiger partial charge >= 0.3 is 0 Å². The molecule has 1 amide bonds. The Balaban J connectivity index is 2.11. The average Bonchev–Trinajstić information content (AvgIpc) is 2.62. The van der Waals surface area contributed by atoms with Gasteiger partial charge in [-0.05, 0) is 30.9 Å². The highest BCUT2D eigenvalue weighted by molar-refractivity contribution is 5.81. The Hall–Kier alpha value is -1.35. The molecular formula is C12H16N2O. The largest absolute Gasteiger partial charge is 0.348 e. The van der Waals surface area contributed by atoms with E-state index in [9.17, 15) is 4.79 Å². The van der Waals surface area contributed by atoms with Crippen molar-refractivity contribution in [2.24, 2.45) is 5.73 Å². The Morgan fingerprint density at radius 3 is 3.00 bits per heavy atom. The molecule has 80 valence electrons. The van der Waals surface area contributed by atoms with Gasteiger partial charge in [-0.3, -0.25) is 4.79 Å². The van der Waals surface area contributed by atoms with Crippen molar-refractivity contribution >= 4 is 5.91 Å². The fourth-order valence-electron chi connectivity index (χ4n) is 2.01. The molecule has 2 rings (SSSR count). The number of nitrogens with one attached hydrogen (secondary N) is 1. The van der Waals surface area contributed by atoms with Crippen LogP contribution in [0.5, 0.6) is 0 Å². The molecule has 3 N–H and O–H groups in total. The summed E-state index contributed by atoms with van der Waals surface area (Å²) in [6.07, 6.45) is 2.03. The number of rotatable bonds is 2. The van der Waals surface area contributed by atoms with Crippen LogP contribution in [0.15, 0.2) is 24.3 Å². The molecule has 1 aliphatic rings. The highest BCUT2D eigenvalue weighted by atomic mass is 16.2. The Bertz CT molecular complexity index is 374. The normalized spacial score (nSPS) is 20.8. The van der Waals surface area contributed by atoms with E-state index in [0.29, 0.717) is 0 Å². The molecule has 0 saturated carbocycles. The van der Waals surface area contributed by atoms with Crippen molar-refractivity contribution in [3.63, 3.8) is 0 Å². The number of hydrogen-bond acceptors (Lipinski definition) is 2. The van der Waals surface area contributed by atoms with E-state index < -0.39 is 6.04 Å². The van der Waals surface area contributed by atoms with Crippen LogP contribution in [0.2, 0.25) is 0 Å². The van der Waals surface area contributed by atoms with Crippen molar-refractivity contribution in [1.82, 2.24) is 5.32 Å². The second kappa shape index (κ2) is 4.03. The SMILES string of the molecule is CC(N)C(=O)NC1CCc2ccccc21. The molecule has 0 saturated heterocycles. The summed E-state index contributed by atoms with van der Waals surface area (Å²) in [5.41, 5.74) is 8.10. The maximum atomic E-state index is 11.5. The standard InChI is InChI=1S/C12H16N2O/c1-8(13)12(15)14-11-7-6-9-4-2-3-5-10(9)11/h2-5,8,11H,6-7,13H2,1H3,(H,14,15). The summed E-state index contributed by atoms with van der Waals surface area (Å²) in [5.74, 6) is -0.0725. The van der Waals surface area contributed by atoms with Gasteiger partial charge in [0, 0.05) is 0 Å². The molecule has 0 aromatic heterocycles. The number of aryl methyl sites for hydroxylation is 1. The highest BCUT2D eigenvalue weighted by Crippen LogP contribution is 2.30. The lowest BCUT2D eigenvalue weighted by atomic mass is 10.1. The van der Waals surface area contributed by atoms with Gasteiger partial charge in [-0.15, -0.1) is 0 Å². The Morgan fingerprint density at radius 2 is 2.27 bits per heavy atom. The van der Waals surface area contributed by atoms with Crippen LogP contribution in [0.4, 0.5) is 0 Å². The number of hydrogen-bond donors (Lipinski definition) is 2. The molecule has 1 aromatic carbocycles. The molecule has 3 heteroatoms. The molecule has 0 aliphatic heterocycles. The number of carbonyl (C=O) groups excluding carboxylic acids is 1. The Kier molecular flexibility index (Phi) is 2.73. The van der Waals surface area contributed by atoms with Gasteiger partial charge in [-0.25, -0.2) is 0 Å². The van der Waals surface area contributed by atoms with Crippen LogP contribution in [0.25, 0.3) is 0 Å². The van der Waals surface area contributed by atoms with Crippen LogP contribution in [-0.2, 0) is 11.2 Å². The molecule has 0 heterocycles. The summed E-state index contributed by atoms with van der Waals surface area (Å²) in [5, 5.41) is 2.97. The minimum atomic E-state index is -0.433. The van der Waals surface area contributed by atoms with Gasteiger partial charge < -0.3 is 11.1 Å². The van der Waals surface area contributed by atoms with Gasteiger partial charge in [0.1, 0.15) is 0 Å². The van der Waals surface area contributed by atoms with Gasteiger partial charge in [-0.1, -0.05) is 24.3 Å². The van der Waals surface area contributed by atoms with E-state index in [-0.39, 0.29) is 11.9 Å². The van der Waals surface area contributed by atoms with Crippen molar-refractivity contribution < 1.29 is 4.79 Å². The third-order valence-corrected chi connectivity index (χ3v) is 2.86. The zero-order valence-corrected chi connectivity index (χ0v) is 8.86. The first-order valence-electron chi connectivity index (χ1n) is 5.32. The predicted molar refractivity (Wildman–Crippen MR) is 59.3 cm³/mol. The van der Waals surface area contributed by atoms with Gasteiger partial charge in [-0.2, -0.15) is 0 Å². The summed E-state index contributed by atoms with van der Waals surface area (Å²) in [6.45, 7) is 1.70. The van der Waals surface area contributed by atoms with Crippen molar-refractivity contribution in [3.05, 3.63) is 35.4 Å². The number of nitrogens with two attached hydrogens (primary N) is 1. The summed E-state index contributed by atoms with van der Waals surface area (Å²) in [7, 11) is 0. The highest BCUT2D eigenvalue weighted by Gasteiger charge is 2.23. The first kappa shape index (κ1) is 10.2. The van der Waals surface area contributed by atoms with Crippen molar-refractivity contribution in [2.45, 2.75) is 31.8 Å². The summed E-state index contributed by atoms with van der Waals surface area (Å²) >= 11 is 0. The predicted octanol–water partition coefficient (Wildman–Crippen LogP) is 1.14. The first-order valence-corrected chi connectivity index (χ1v) is 5.32. The quantitative estimate of drug-likeness (QED) is 0.759. The van der Waals surface area contributed by atoms with E-state index in [2.05, 4.69) is 17.4 Å². The van der Waals surface area contributed by atoms with E-state index in [0.717, 1.165) is 12.8 Å². The monoisotopic (exact) mass is 204 g/mol. The van der Waals surface area contributed by atoms with Crippen LogP contribution in [0.1, 0.15) is 30.5 Å². The van der Waals surface area contributed by atoms with Crippen LogP contribution in [-0.4, -0.2) is 11.9 Å². The van der Waals surface area contributed by atoms with Crippen molar-refractivity contribution in [3.8, 4) is 0 Å². The molecule has 1 aromatic rings. The van der Waals surface area contributed by atoms with Gasteiger partial charge in [0.2, 0.25) is 5.91 Å². The molecule has 0 bridgehead atoms.